The monoisotopic (exact) mass is 520 g/mol. The van der Waals surface area contributed by atoms with E-state index < -0.39 is 81.8 Å². The fraction of sp³-hybridized carbons (Fsp3) is 0.769. The zero-order chi connectivity index (χ0) is 26.9. The molecule has 0 amide bonds. The SMILES string of the molecule is CC(C)(O)[C@@H]1CC(=O)[C@]2(C)[C@H](CC[C@]3(C)[C@H](C4=C[C@H](O)OC4=O)OC(=O)[C@@H]4O[C@@]432)[C@@]12COC(=O)C[C@@H]2O. The van der Waals surface area contributed by atoms with Gasteiger partial charge in [0, 0.05) is 23.2 Å². The second-order valence-corrected chi connectivity index (χ2v) is 12.5. The largest absolute Gasteiger partial charge is 0.465 e. The first-order valence-electron chi connectivity index (χ1n) is 12.7. The van der Waals surface area contributed by atoms with Gasteiger partial charge in [0.25, 0.3) is 0 Å². The van der Waals surface area contributed by atoms with E-state index in [1.165, 1.54) is 6.08 Å². The summed E-state index contributed by atoms with van der Waals surface area (Å²) in [6, 6.07) is 0. The molecule has 202 valence electrons. The number of epoxide rings is 1. The smallest absolute Gasteiger partial charge is 0.340 e. The number of rotatable bonds is 2. The summed E-state index contributed by atoms with van der Waals surface area (Å²) in [6.45, 7) is 6.53. The number of esters is 3. The Kier molecular flexibility index (Phi) is 4.85. The van der Waals surface area contributed by atoms with Crippen LogP contribution in [-0.2, 0) is 38.1 Å². The summed E-state index contributed by atoms with van der Waals surface area (Å²) in [6.07, 6.45) is -3.36. The molecule has 0 bridgehead atoms. The molecule has 37 heavy (non-hydrogen) atoms. The summed E-state index contributed by atoms with van der Waals surface area (Å²) in [4.78, 5) is 52.0. The number of hydrogen-bond donors (Lipinski definition) is 3. The number of carbonyl (C=O) groups excluding carboxylic acids is 4. The summed E-state index contributed by atoms with van der Waals surface area (Å²) in [5.74, 6) is -3.65. The second-order valence-electron chi connectivity index (χ2n) is 12.5. The van der Waals surface area contributed by atoms with Crippen LogP contribution in [0, 0.1) is 28.1 Å². The molecule has 0 aromatic heterocycles. The van der Waals surface area contributed by atoms with Crippen molar-refractivity contribution in [1.29, 1.82) is 0 Å². The van der Waals surface area contributed by atoms with Gasteiger partial charge in [-0.25, -0.2) is 9.59 Å². The lowest BCUT2D eigenvalue weighted by Gasteiger charge is -2.67. The van der Waals surface area contributed by atoms with E-state index in [2.05, 4.69) is 0 Å². The van der Waals surface area contributed by atoms with Gasteiger partial charge in [0.2, 0.25) is 6.29 Å². The Morgan fingerprint density at radius 2 is 1.73 bits per heavy atom. The van der Waals surface area contributed by atoms with Gasteiger partial charge in [0.15, 0.2) is 6.10 Å². The second kappa shape index (κ2) is 7.19. The number of hydrogen-bond acceptors (Lipinski definition) is 11. The molecule has 6 aliphatic rings. The molecule has 3 N–H and O–H groups in total. The average Bonchev–Trinajstić information content (AvgIpc) is 3.49. The van der Waals surface area contributed by atoms with Crippen LogP contribution in [0.1, 0.15) is 53.4 Å². The van der Waals surface area contributed by atoms with Crippen molar-refractivity contribution >= 4 is 23.7 Å². The number of fused-ring (bicyclic) bond motifs is 2. The van der Waals surface area contributed by atoms with Crippen LogP contribution in [-0.4, -0.2) is 81.4 Å². The van der Waals surface area contributed by atoms with Crippen molar-refractivity contribution < 1.29 is 53.4 Å². The molecule has 3 saturated heterocycles. The van der Waals surface area contributed by atoms with Crippen molar-refractivity contribution in [2.75, 3.05) is 6.61 Å². The van der Waals surface area contributed by atoms with Crippen molar-refractivity contribution in [3.05, 3.63) is 11.6 Å². The number of aliphatic hydroxyl groups is 3. The Morgan fingerprint density at radius 3 is 2.32 bits per heavy atom. The molecule has 2 aliphatic carbocycles. The topological polar surface area (TPSA) is 169 Å². The third kappa shape index (κ3) is 2.76. The fourth-order valence-electron chi connectivity index (χ4n) is 8.95. The van der Waals surface area contributed by atoms with Crippen LogP contribution >= 0.6 is 0 Å². The van der Waals surface area contributed by atoms with Crippen molar-refractivity contribution in [3.63, 3.8) is 0 Å². The lowest BCUT2D eigenvalue weighted by molar-refractivity contribution is -0.257. The van der Waals surface area contributed by atoms with Gasteiger partial charge in [-0.05, 0) is 45.6 Å². The Bertz CT molecular complexity index is 1150. The molecular formula is C26H32O11. The zero-order valence-electron chi connectivity index (χ0n) is 21.2. The highest BCUT2D eigenvalue weighted by atomic mass is 16.7. The molecule has 11 nitrogen and oxygen atoms in total. The predicted molar refractivity (Wildman–Crippen MR) is 120 cm³/mol. The maximum Gasteiger partial charge on any atom is 0.340 e. The molecule has 2 saturated carbocycles. The number of aliphatic hydroxyl groups excluding tert-OH is 2. The third-order valence-corrected chi connectivity index (χ3v) is 10.6. The molecule has 0 radical (unpaired) electrons. The molecule has 0 aromatic rings. The number of cyclic esters (lactones) is 3. The van der Waals surface area contributed by atoms with Gasteiger partial charge in [-0.1, -0.05) is 6.92 Å². The van der Waals surface area contributed by atoms with E-state index in [0.29, 0.717) is 12.8 Å². The Hall–Kier alpha value is -2.34. The Morgan fingerprint density at radius 1 is 1.03 bits per heavy atom. The van der Waals surface area contributed by atoms with Crippen molar-refractivity contribution in [1.82, 2.24) is 0 Å². The average molecular weight is 521 g/mol. The summed E-state index contributed by atoms with van der Waals surface area (Å²) in [5, 5.41) is 32.5. The molecule has 0 aromatic carbocycles. The molecule has 4 heterocycles. The first-order chi connectivity index (χ1) is 17.1. The normalized spacial score (nSPS) is 50.8. The molecular weight excluding hydrogens is 488 g/mol. The van der Waals surface area contributed by atoms with Crippen LogP contribution < -0.4 is 0 Å². The maximum absolute atomic E-state index is 14.2. The Labute approximate surface area is 213 Å². The third-order valence-electron chi connectivity index (χ3n) is 10.6. The van der Waals surface area contributed by atoms with Gasteiger partial charge in [0.1, 0.15) is 24.1 Å². The minimum atomic E-state index is -1.47. The number of ether oxygens (including phenoxy) is 4. The molecule has 0 unspecified atom stereocenters. The van der Waals surface area contributed by atoms with Gasteiger partial charge in [-0.3, -0.25) is 9.59 Å². The summed E-state index contributed by atoms with van der Waals surface area (Å²) < 4.78 is 22.3. The summed E-state index contributed by atoms with van der Waals surface area (Å²) in [7, 11) is 0. The van der Waals surface area contributed by atoms with Crippen molar-refractivity contribution in [2.45, 2.75) is 89.2 Å². The summed E-state index contributed by atoms with van der Waals surface area (Å²) >= 11 is 0. The van der Waals surface area contributed by atoms with Crippen LogP contribution in [0.3, 0.4) is 0 Å². The van der Waals surface area contributed by atoms with Crippen LogP contribution in [0.4, 0.5) is 0 Å². The first-order valence-corrected chi connectivity index (χ1v) is 12.7. The van der Waals surface area contributed by atoms with E-state index in [1.54, 1.807) is 20.8 Å². The van der Waals surface area contributed by atoms with Gasteiger partial charge >= 0.3 is 17.9 Å². The molecule has 11 heteroatoms. The number of ketones is 1. The minimum absolute atomic E-state index is 0.00213. The van der Waals surface area contributed by atoms with Crippen molar-refractivity contribution in [3.8, 4) is 0 Å². The fourth-order valence-corrected chi connectivity index (χ4v) is 8.95. The van der Waals surface area contributed by atoms with Crippen LogP contribution in [0.5, 0.6) is 0 Å². The zero-order valence-corrected chi connectivity index (χ0v) is 21.2. The summed E-state index contributed by atoms with van der Waals surface area (Å²) in [5.41, 5.74) is -6.30. The van der Waals surface area contributed by atoms with E-state index in [0.717, 1.165) is 0 Å². The van der Waals surface area contributed by atoms with Crippen molar-refractivity contribution in [2.24, 2.45) is 28.1 Å². The molecule has 10 atom stereocenters. The first kappa shape index (κ1) is 25.0. The highest BCUT2D eigenvalue weighted by Crippen LogP contribution is 2.77. The van der Waals surface area contributed by atoms with E-state index >= 15 is 0 Å². The molecule has 5 fully saturated rings. The lowest BCUT2D eigenvalue weighted by Crippen LogP contribution is -2.76. The van der Waals surface area contributed by atoms with Crippen LogP contribution in [0.15, 0.2) is 11.6 Å². The van der Waals surface area contributed by atoms with E-state index in [9.17, 15) is 34.5 Å². The van der Waals surface area contributed by atoms with Gasteiger partial charge in [0.05, 0.1) is 29.1 Å². The molecule has 6 rings (SSSR count). The van der Waals surface area contributed by atoms with E-state index in [4.69, 9.17) is 18.9 Å². The standard InChI is InChI=1S/C26H32O11/c1-22(2,33)13-8-14(27)24(4)12(25(13)10-34-16(29)9-15(25)28)5-6-23(3)18(11-7-17(30)35-20(11)31)36-21(32)19-26(23,24)37-19/h7,12-13,15,17-19,28,30,33H,5-6,8-10H2,1-4H3/t12-,13-,15-,17+,18-,19-,23+,24-,25-,26-/m0/s1. The predicted octanol–water partition coefficient (Wildman–Crippen LogP) is -0.0723. The van der Waals surface area contributed by atoms with Gasteiger partial charge in [-0.15, -0.1) is 0 Å². The Balaban J connectivity index is 1.52. The highest BCUT2D eigenvalue weighted by molar-refractivity contribution is 5.96. The maximum atomic E-state index is 14.2. The quantitative estimate of drug-likeness (QED) is 0.253. The van der Waals surface area contributed by atoms with Crippen LogP contribution in [0.2, 0.25) is 0 Å². The van der Waals surface area contributed by atoms with E-state index in [1.807, 2.05) is 6.92 Å². The molecule has 4 aliphatic heterocycles. The van der Waals surface area contributed by atoms with Crippen LogP contribution in [0.25, 0.3) is 0 Å². The minimum Gasteiger partial charge on any atom is -0.465 e. The molecule has 2 spiro atoms. The number of carbonyl (C=O) groups is 4. The van der Waals surface area contributed by atoms with E-state index in [-0.39, 0.29) is 30.8 Å². The highest BCUT2D eigenvalue weighted by Gasteiger charge is 2.89. The van der Waals surface area contributed by atoms with Gasteiger partial charge < -0.3 is 34.3 Å². The number of Topliss-reactive ketones (excluding diaryl/α,β-unsaturated/α-hetero) is 1. The van der Waals surface area contributed by atoms with Gasteiger partial charge in [-0.2, -0.15) is 0 Å². The lowest BCUT2D eigenvalue weighted by atomic mass is 9.36.